The van der Waals surface area contributed by atoms with Crippen molar-refractivity contribution in [2.45, 2.75) is 82.1 Å². The van der Waals surface area contributed by atoms with E-state index >= 15 is 0 Å². The molecule has 6 aliphatic heterocycles. The lowest BCUT2D eigenvalue weighted by Gasteiger charge is -2.23. The molecule has 13 rings (SSSR count). The van der Waals surface area contributed by atoms with Crippen LogP contribution in [-0.4, -0.2) is 170 Å². The zero-order valence-electron chi connectivity index (χ0n) is 53.9. The van der Waals surface area contributed by atoms with E-state index in [9.17, 15) is 62.4 Å². The summed E-state index contributed by atoms with van der Waals surface area (Å²) in [4.78, 5) is 68.3. The Morgan fingerprint density at radius 3 is 1.31 bits per heavy atom. The van der Waals surface area contributed by atoms with Gasteiger partial charge in [0.25, 0.3) is 17.7 Å². The topological polar surface area (TPSA) is 341 Å². The van der Waals surface area contributed by atoms with Gasteiger partial charge in [0.1, 0.15) is 49.2 Å². The molecular formula is C61H70F3IN14O13S6. The summed E-state index contributed by atoms with van der Waals surface area (Å²) in [5, 5.41) is 18.8. The Morgan fingerprint density at radius 2 is 0.929 bits per heavy atom. The van der Waals surface area contributed by atoms with Gasteiger partial charge in [0.15, 0.2) is 0 Å². The van der Waals surface area contributed by atoms with Gasteiger partial charge in [-0.25, -0.2) is 57.4 Å². The van der Waals surface area contributed by atoms with E-state index in [2.05, 4.69) is 45.6 Å². The summed E-state index contributed by atoms with van der Waals surface area (Å²) >= 11 is 3.93. The Hall–Kier alpha value is -6.95. The number of amides is 5. The number of anilines is 3. The number of fused-ring (bicyclic) bond motifs is 6. The molecule has 7 N–H and O–H groups in total. The van der Waals surface area contributed by atoms with E-state index in [0.29, 0.717) is 85.3 Å². The van der Waals surface area contributed by atoms with Crippen molar-refractivity contribution in [3.05, 3.63) is 136 Å². The number of sulfonamides is 3. The number of nitrogens with one attached hydrogen (secondary N) is 7. The van der Waals surface area contributed by atoms with Crippen LogP contribution in [0, 0.1) is 62.9 Å². The van der Waals surface area contributed by atoms with Gasteiger partial charge in [0.2, 0.25) is 36.0 Å². The molecule has 0 radical (unpaired) electrons. The van der Waals surface area contributed by atoms with Crippen LogP contribution in [0.15, 0.2) is 107 Å². The van der Waals surface area contributed by atoms with Crippen LogP contribution >= 0.6 is 59.3 Å². The van der Waals surface area contributed by atoms with E-state index < -0.39 is 77.7 Å². The Morgan fingerprint density at radius 1 is 0.551 bits per heavy atom. The number of thioether (sulfide) groups is 3. The number of carbonyl (C=O) groups is 5. The third kappa shape index (κ3) is 15.6. The van der Waals surface area contributed by atoms with Gasteiger partial charge in [-0.1, -0.05) is 0 Å². The van der Waals surface area contributed by atoms with Gasteiger partial charge in [0, 0.05) is 150 Å². The van der Waals surface area contributed by atoms with E-state index in [1.165, 1.54) is 126 Å². The second-order valence-electron chi connectivity index (χ2n) is 24.1. The molecule has 4 aromatic heterocycles. The van der Waals surface area contributed by atoms with Crippen molar-refractivity contribution in [3.8, 4) is 0 Å². The Balaban J connectivity index is 0.000000160. The summed E-state index contributed by atoms with van der Waals surface area (Å²) in [7, 11) is -6.82. The largest absolute Gasteiger partial charge is 0.450 e. The molecule has 0 unspecified atom stereocenters. The smallest absolute Gasteiger partial charge is 0.409 e. The molecule has 0 saturated carbocycles. The van der Waals surface area contributed by atoms with Crippen molar-refractivity contribution >= 4 is 136 Å². The van der Waals surface area contributed by atoms with Crippen molar-refractivity contribution in [2.24, 2.45) is 38.9 Å². The first-order chi connectivity index (χ1) is 45.9. The first-order valence-corrected chi connectivity index (χ1v) is 37.8. The van der Waals surface area contributed by atoms with E-state index in [0.717, 1.165) is 6.54 Å². The molecular weight excluding hydrogens is 1510 g/mol. The average Bonchev–Trinajstić information content (AvgIpc) is 1.61. The highest BCUT2D eigenvalue weighted by Gasteiger charge is 2.45. The molecule has 3 fully saturated rings. The fourth-order valence-electron chi connectivity index (χ4n) is 12.0. The van der Waals surface area contributed by atoms with Crippen molar-refractivity contribution in [2.75, 3.05) is 79.1 Å². The second kappa shape index (κ2) is 29.7. The maximum Gasteiger partial charge on any atom is 0.409 e. The Kier molecular flexibility index (Phi) is 22.4. The molecule has 7 aromatic rings. The molecule has 3 saturated heterocycles. The lowest BCUT2D eigenvalue weighted by Crippen LogP contribution is -2.42. The van der Waals surface area contributed by atoms with Crippen LogP contribution < -0.4 is 35.4 Å². The molecule has 6 aliphatic rings. The minimum Gasteiger partial charge on any atom is -0.450 e. The third-order valence-corrected chi connectivity index (χ3v) is 25.8. The molecule has 526 valence electrons. The summed E-state index contributed by atoms with van der Waals surface area (Å²) in [6, 6.07) is 11.6. The quantitative estimate of drug-likeness (QED) is 0.0767. The standard InChI is InChI=1S/C22H23FN6O5S2.C21H25FN4O5S2.C18H21FN4O3S2.HI/c1-11-6-14(4-5-15(11)23)24-20(30)18-19-17(9-28(18)3)36(32,33)27-16-8-29(7-13(16)10-35-19)22(31)21-26-25-12(2)34-21;1-4-31-21(28)26-8-13-11-32-19-17(33(29,30)24-16(13)9-26)10-25(3)18(19)20(27)23-14-5-6-15(22)12(2)7-14;1-10-5-12(3-4-13(10)19)21-18(24)16-17-15(8-23(16)2)28(25,26)22-14-7-20-6-11(14)9-27-17;/h4-6,9,13,16,27H,7-8,10H2,1-3H3,(H,24,30);5-7,10,13,16,24H,4,8-9,11H2,1-3H3,(H,23,27);3-5,8,11,14,20,22H,6-7,9H2,1-2H3,(H,21,24);1H/t2*13-,16-;11-,14-;/m000./s1. The summed E-state index contributed by atoms with van der Waals surface area (Å²) in [6.07, 6.45) is 3.81. The highest BCUT2D eigenvalue weighted by Crippen LogP contribution is 2.41. The molecule has 98 heavy (non-hydrogen) atoms. The maximum absolute atomic E-state index is 13.6. The highest BCUT2D eigenvalue weighted by atomic mass is 127. The van der Waals surface area contributed by atoms with Gasteiger partial charge < -0.3 is 53.9 Å². The predicted octanol–water partition coefficient (Wildman–Crippen LogP) is 6.82. The number of hydrogen-bond acceptors (Lipinski definition) is 19. The lowest BCUT2D eigenvalue weighted by molar-refractivity contribution is 0.0744. The van der Waals surface area contributed by atoms with Crippen LogP contribution in [0.4, 0.5) is 35.0 Å². The molecule has 0 bridgehead atoms. The highest BCUT2D eigenvalue weighted by molar-refractivity contribution is 14.0. The first kappa shape index (κ1) is 73.8. The van der Waals surface area contributed by atoms with Gasteiger partial charge in [-0.05, 0) is 105 Å². The van der Waals surface area contributed by atoms with Crippen LogP contribution in [0.1, 0.15) is 71.7 Å². The van der Waals surface area contributed by atoms with Crippen molar-refractivity contribution in [3.63, 3.8) is 0 Å². The van der Waals surface area contributed by atoms with Crippen LogP contribution in [0.5, 0.6) is 0 Å². The average molecular weight is 1580 g/mol. The van der Waals surface area contributed by atoms with Crippen LogP contribution in [-0.2, 0) is 55.9 Å². The zero-order chi connectivity index (χ0) is 69.7. The first-order valence-electron chi connectivity index (χ1n) is 30.4. The molecule has 0 aliphatic carbocycles. The van der Waals surface area contributed by atoms with Gasteiger partial charge in [-0.15, -0.1) is 69.5 Å². The van der Waals surface area contributed by atoms with E-state index in [-0.39, 0.29) is 123 Å². The van der Waals surface area contributed by atoms with Crippen LogP contribution in [0.3, 0.4) is 0 Å². The summed E-state index contributed by atoms with van der Waals surface area (Å²) in [5.74, 6) is -1.42. The fourth-order valence-corrected chi connectivity index (χ4v) is 21.7. The molecule has 10 heterocycles. The fraction of sp³-hybridized carbons (Fsp3) is 0.393. The number of benzene rings is 3. The van der Waals surface area contributed by atoms with E-state index in [4.69, 9.17) is 9.15 Å². The van der Waals surface area contributed by atoms with Gasteiger partial charge in [-0.2, -0.15) is 0 Å². The van der Waals surface area contributed by atoms with Crippen molar-refractivity contribution in [1.29, 1.82) is 0 Å². The van der Waals surface area contributed by atoms with Gasteiger partial charge in [0.05, 0.1) is 21.3 Å². The van der Waals surface area contributed by atoms with Gasteiger partial charge >= 0.3 is 17.9 Å². The Labute approximate surface area is 592 Å². The maximum atomic E-state index is 13.6. The van der Waals surface area contributed by atoms with Gasteiger partial charge in [-0.3, -0.25) is 19.2 Å². The van der Waals surface area contributed by atoms with Crippen LogP contribution in [0.25, 0.3) is 0 Å². The number of rotatable bonds is 8. The summed E-state index contributed by atoms with van der Waals surface area (Å²) in [5.41, 5.74) is 3.08. The SMILES string of the molecule is CCOC(=O)N1C[C@H]2CSc3c(cn(C)c3C(=O)Nc3ccc(F)c(C)c3)S(=O)(=O)N[C@H]2C1.Cc1cc(NC(=O)c2c3c(cn2C)S(=O)(=O)N[C@H]2CNC[C@H]2CS3)ccc1F.Cc1nnc(C(=O)N2C[C@H]3CSc4c(cn(C)c4C(=O)Nc4ccc(F)c(C)c4)S(=O)(=O)N[C@H]3C2)o1.I. The van der Waals surface area contributed by atoms with Crippen LogP contribution in [0.2, 0.25) is 0 Å². The predicted molar refractivity (Wildman–Crippen MR) is 370 cm³/mol. The molecule has 3 aromatic carbocycles. The molecule has 6 atom stereocenters. The number of halogens is 4. The number of aryl methyl sites for hydroxylation is 7. The molecule has 0 spiro atoms. The molecule has 5 amide bonds. The minimum absolute atomic E-state index is 0. The monoisotopic (exact) mass is 1580 g/mol. The second-order valence-corrected chi connectivity index (χ2v) is 32.2. The van der Waals surface area contributed by atoms with Crippen molar-refractivity contribution in [1.82, 2.24) is 53.2 Å². The number of likely N-dealkylation sites (tertiary alicyclic amines) is 2. The number of hydrogen-bond donors (Lipinski definition) is 7. The number of carbonyl (C=O) groups excluding carboxylic acids is 5. The molecule has 37 heteroatoms. The van der Waals surface area contributed by atoms with E-state index in [1.54, 1.807) is 61.8 Å². The number of ether oxygens (including phenoxy) is 1. The third-order valence-electron chi connectivity index (χ3n) is 17.1. The number of nitrogens with zero attached hydrogens (tertiary/aromatic N) is 7. The summed E-state index contributed by atoms with van der Waals surface area (Å²) < 4.78 is 142. The normalized spacial score (nSPS) is 21.6. The minimum atomic E-state index is -4.00. The van der Waals surface area contributed by atoms with E-state index in [1.807, 2.05) is 0 Å². The number of aromatic nitrogens is 5. The zero-order valence-corrected chi connectivity index (χ0v) is 61.1. The molecule has 27 nitrogen and oxygen atoms in total. The Bertz CT molecular complexity index is 4670. The summed E-state index contributed by atoms with van der Waals surface area (Å²) in [6.45, 7) is 10.7. The lowest BCUT2D eigenvalue weighted by atomic mass is 10.1. The van der Waals surface area contributed by atoms with Crippen molar-refractivity contribution < 1.29 is 71.6 Å².